The second-order valence-corrected chi connectivity index (χ2v) is 7.58. The number of thiophene rings is 1. The SMILES string of the molecule is COc1ccc(/C=C/C(=O)N2CCN(CC(O)c3cccs3)CC2)cc1OC. The topological polar surface area (TPSA) is 62.2 Å². The third kappa shape index (κ3) is 5.13. The maximum absolute atomic E-state index is 12.5. The highest BCUT2D eigenvalue weighted by molar-refractivity contribution is 7.10. The van der Waals surface area contributed by atoms with Crippen LogP contribution in [0, 0.1) is 0 Å². The first kappa shape index (κ1) is 20.4. The number of piperazine rings is 1. The van der Waals surface area contributed by atoms with E-state index in [4.69, 9.17) is 9.47 Å². The van der Waals surface area contributed by atoms with Gasteiger partial charge in [-0.15, -0.1) is 11.3 Å². The molecule has 0 bridgehead atoms. The predicted molar refractivity (Wildman–Crippen MR) is 111 cm³/mol. The second-order valence-electron chi connectivity index (χ2n) is 6.60. The Hall–Kier alpha value is -2.35. The van der Waals surface area contributed by atoms with Crippen LogP contribution < -0.4 is 9.47 Å². The molecular weight excluding hydrogens is 376 g/mol. The van der Waals surface area contributed by atoms with Crippen LogP contribution in [0.15, 0.2) is 41.8 Å². The maximum atomic E-state index is 12.5. The standard InChI is InChI=1S/C21H26N2O4S/c1-26-18-7-5-16(14-19(18)27-2)6-8-21(25)23-11-9-22(10-12-23)15-17(24)20-4-3-13-28-20/h3-8,13-14,17,24H,9-12,15H2,1-2H3/b8-6+. The number of β-amino-alcohol motifs (C(OH)–C–C–N with tert-alkyl or cyclic N) is 1. The lowest BCUT2D eigenvalue weighted by atomic mass is 10.1. The lowest BCUT2D eigenvalue weighted by molar-refractivity contribution is -0.127. The van der Waals surface area contributed by atoms with E-state index in [1.165, 1.54) is 0 Å². The van der Waals surface area contributed by atoms with E-state index in [-0.39, 0.29) is 5.91 Å². The number of aliphatic hydroxyl groups is 1. The van der Waals surface area contributed by atoms with Crippen LogP contribution in [-0.4, -0.2) is 67.8 Å². The quantitative estimate of drug-likeness (QED) is 0.722. The van der Waals surface area contributed by atoms with Crippen LogP contribution >= 0.6 is 11.3 Å². The summed E-state index contributed by atoms with van der Waals surface area (Å²) in [5.74, 6) is 1.29. The molecule has 1 amide bonds. The van der Waals surface area contributed by atoms with Gasteiger partial charge in [0.05, 0.1) is 14.2 Å². The number of nitrogens with zero attached hydrogens (tertiary/aromatic N) is 2. The van der Waals surface area contributed by atoms with Gasteiger partial charge in [0.15, 0.2) is 11.5 Å². The van der Waals surface area contributed by atoms with Crippen molar-refractivity contribution >= 4 is 23.3 Å². The molecule has 2 heterocycles. The van der Waals surface area contributed by atoms with Crippen LogP contribution in [0.1, 0.15) is 16.5 Å². The van der Waals surface area contributed by atoms with Gasteiger partial charge in [-0.25, -0.2) is 0 Å². The molecule has 1 saturated heterocycles. The van der Waals surface area contributed by atoms with Crippen molar-refractivity contribution < 1.29 is 19.4 Å². The first-order valence-electron chi connectivity index (χ1n) is 9.23. The fraction of sp³-hybridized carbons (Fsp3) is 0.381. The van der Waals surface area contributed by atoms with Gasteiger partial charge in [0.25, 0.3) is 0 Å². The summed E-state index contributed by atoms with van der Waals surface area (Å²) in [5, 5.41) is 12.3. The summed E-state index contributed by atoms with van der Waals surface area (Å²) < 4.78 is 10.5. The van der Waals surface area contributed by atoms with E-state index in [1.54, 1.807) is 37.7 Å². The van der Waals surface area contributed by atoms with Crippen LogP contribution in [-0.2, 0) is 4.79 Å². The van der Waals surface area contributed by atoms with Gasteiger partial charge in [-0.2, -0.15) is 0 Å². The lowest BCUT2D eigenvalue weighted by Gasteiger charge is -2.35. The van der Waals surface area contributed by atoms with Gasteiger partial charge in [0, 0.05) is 43.7 Å². The Labute approximate surface area is 169 Å². The molecule has 1 aliphatic rings. The molecule has 1 N–H and O–H groups in total. The third-order valence-electron chi connectivity index (χ3n) is 4.81. The van der Waals surface area contributed by atoms with Crippen molar-refractivity contribution in [2.45, 2.75) is 6.10 Å². The van der Waals surface area contributed by atoms with Crippen LogP contribution in [0.3, 0.4) is 0 Å². The molecule has 1 aliphatic heterocycles. The Bertz CT molecular complexity index is 799. The largest absolute Gasteiger partial charge is 0.493 e. The highest BCUT2D eigenvalue weighted by Crippen LogP contribution is 2.28. The Balaban J connectivity index is 1.50. The van der Waals surface area contributed by atoms with E-state index < -0.39 is 6.10 Å². The number of ether oxygens (including phenoxy) is 2. The van der Waals surface area contributed by atoms with Crippen LogP contribution in [0.2, 0.25) is 0 Å². The van der Waals surface area contributed by atoms with E-state index in [2.05, 4.69) is 4.90 Å². The summed E-state index contributed by atoms with van der Waals surface area (Å²) in [5.41, 5.74) is 0.878. The van der Waals surface area contributed by atoms with Gasteiger partial charge in [0.2, 0.25) is 5.91 Å². The van der Waals surface area contributed by atoms with Gasteiger partial charge in [-0.3, -0.25) is 9.69 Å². The maximum Gasteiger partial charge on any atom is 0.246 e. The molecule has 150 valence electrons. The van der Waals surface area contributed by atoms with Gasteiger partial charge in [0.1, 0.15) is 6.10 Å². The highest BCUT2D eigenvalue weighted by Gasteiger charge is 2.22. The molecule has 0 spiro atoms. The first-order valence-corrected chi connectivity index (χ1v) is 10.1. The average Bonchev–Trinajstić information content (AvgIpc) is 3.27. The zero-order valence-electron chi connectivity index (χ0n) is 16.2. The molecule has 6 nitrogen and oxygen atoms in total. The number of rotatable bonds is 7. The Morgan fingerprint density at radius 1 is 1.18 bits per heavy atom. The summed E-state index contributed by atoms with van der Waals surface area (Å²) in [6.45, 7) is 3.44. The molecule has 7 heteroatoms. The van der Waals surface area contributed by atoms with E-state index in [1.807, 2.05) is 40.6 Å². The van der Waals surface area contributed by atoms with Crippen molar-refractivity contribution in [3.8, 4) is 11.5 Å². The minimum absolute atomic E-state index is 0.00626. The van der Waals surface area contributed by atoms with Crippen LogP contribution in [0.25, 0.3) is 6.08 Å². The van der Waals surface area contributed by atoms with Gasteiger partial charge >= 0.3 is 0 Å². The minimum atomic E-state index is -0.466. The van der Waals surface area contributed by atoms with Crippen molar-refractivity contribution in [3.05, 3.63) is 52.2 Å². The third-order valence-corrected chi connectivity index (χ3v) is 5.79. The zero-order valence-corrected chi connectivity index (χ0v) is 17.0. The van der Waals surface area contributed by atoms with Gasteiger partial charge in [-0.1, -0.05) is 12.1 Å². The van der Waals surface area contributed by atoms with Crippen molar-refractivity contribution in [1.82, 2.24) is 9.80 Å². The molecule has 1 atom stereocenters. The number of carbonyl (C=O) groups is 1. The summed E-state index contributed by atoms with van der Waals surface area (Å²) >= 11 is 1.57. The highest BCUT2D eigenvalue weighted by atomic mass is 32.1. The number of benzene rings is 1. The normalized spacial score (nSPS) is 16.3. The smallest absolute Gasteiger partial charge is 0.246 e. The predicted octanol–water partition coefficient (Wildman–Crippen LogP) is 2.66. The number of carbonyl (C=O) groups excluding carboxylic acids is 1. The van der Waals surface area contributed by atoms with Crippen molar-refractivity contribution in [2.24, 2.45) is 0 Å². The summed E-state index contributed by atoms with van der Waals surface area (Å²) in [4.78, 5) is 17.5. The van der Waals surface area contributed by atoms with Gasteiger partial charge in [-0.05, 0) is 35.2 Å². The summed E-state index contributed by atoms with van der Waals surface area (Å²) in [6.07, 6.45) is 2.92. The Morgan fingerprint density at radius 2 is 1.93 bits per heavy atom. The van der Waals surface area contributed by atoms with Gasteiger partial charge < -0.3 is 19.5 Å². The molecule has 0 saturated carbocycles. The van der Waals surface area contributed by atoms with E-state index in [0.29, 0.717) is 31.1 Å². The second kappa shape index (κ2) is 9.73. The molecule has 1 unspecified atom stereocenters. The summed E-state index contributed by atoms with van der Waals surface area (Å²) in [6, 6.07) is 9.45. The van der Waals surface area contributed by atoms with Crippen molar-refractivity contribution in [3.63, 3.8) is 0 Å². The molecule has 28 heavy (non-hydrogen) atoms. The number of hydrogen-bond acceptors (Lipinski definition) is 6. The number of amides is 1. The number of methoxy groups -OCH3 is 2. The number of aliphatic hydroxyl groups excluding tert-OH is 1. The molecule has 3 rings (SSSR count). The fourth-order valence-electron chi connectivity index (χ4n) is 3.20. The molecule has 2 aromatic rings. The molecule has 1 aromatic heterocycles. The van der Waals surface area contributed by atoms with E-state index in [0.717, 1.165) is 23.5 Å². The Morgan fingerprint density at radius 3 is 2.57 bits per heavy atom. The fourth-order valence-corrected chi connectivity index (χ4v) is 3.90. The molecule has 1 aromatic carbocycles. The van der Waals surface area contributed by atoms with Crippen LogP contribution in [0.5, 0.6) is 11.5 Å². The molecule has 0 aliphatic carbocycles. The summed E-state index contributed by atoms with van der Waals surface area (Å²) in [7, 11) is 3.18. The number of hydrogen-bond donors (Lipinski definition) is 1. The molecule has 0 radical (unpaired) electrons. The van der Waals surface area contributed by atoms with Crippen LogP contribution in [0.4, 0.5) is 0 Å². The van der Waals surface area contributed by atoms with Crippen molar-refractivity contribution in [1.29, 1.82) is 0 Å². The Kier molecular flexibility index (Phi) is 7.08. The first-order chi connectivity index (χ1) is 13.6. The lowest BCUT2D eigenvalue weighted by Crippen LogP contribution is -2.49. The monoisotopic (exact) mass is 402 g/mol. The average molecular weight is 403 g/mol. The van der Waals surface area contributed by atoms with E-state index in [9.17, 15) is 9.90 Å². The zero-order chi connectivity index (χ0) is 19.9. The molecule has 1 fully saturated rings. The minimum Gasteiger partial charge on any atom is -0.493 e. The van der Waals surface area contributed by atoms with Crippen molar-refractivity contribution in [2.75, 3.05) is 46.9 Å². The van der Waals surface area contributed by atoms with E-state index >= 15 is 0 Å². The molecular formula is C21H26N2O4S.